The van der Waals surface area contributed by atoms with E-state index in [2.05, 4.69) is 92.3 Å². The number of nitrogens with two attached hydrogens (primary N) is 2. The summed E-state index contributed by atoms with van der Waals surface area (Å²) in [6.07, 6.45) is 6.11. The van der Waals surface area contributed by atoms with Gasteiger partial charge in [0.1, 0.15) is 128 Å². The average molecular weight is 1470 g/mol. The number of quaternary nitrogens is 4. The maximum Gasteiger partial charge on any atom is 0.380 e. The maximum absolute atomic E-state index is 13.4. The molecule has 10 aliphatic rings. The number of piperazine rings is 6. The lowest BCUT2D eigenvalue weighted by Gasteiger charge is -2.55. The van der Waals surface area contributed by atoms with Crippen molar-refractivity contribution in [1.82, 2.24) is 9.80 Å². The van der Waals surface area contributed by atoms with E-state index in [9.17, 15) is 43.8 Å². The number of rotatable bonds is 28. The third-order valence-corrected chi connectivity index (χ3v) is 22.2. The molecule has 26 heteroatoms. The van der Waals surface area contributed by atoms with Crippen LogP contribution in [0.5, 0.6) is 11.5 Å². The zero-order chi connectivity index (χ0) is 64.2. The number of ether oxygens (including phenoxy) is 3. The van der Waals surface area contributed by atoms with Crippen LogP contribution in [0.25, 0.3) is 0 Å². The molecule has 8 saturated heterocycles. The van der Waals surface area contributed by atoms with E-state index in [1.807, 2.05) is 26.0 Å². The summed E-state index contributed by atoms with van der Waals surface area (Å²) < 4.78 is 23.5. The number of amides is 2. The van der Waals surface area contributed by atoms with Gasteiger partial charge in [-0.15, -0.1) is 6.58 Å². The zero-order valence-electron chi connectivity index (χ0n) is 51.3. The molecule has 10 heterocycles. The second kappa shape index (κ2) is 28.5. The molecule has 6 N–H and O–H groups in total. The van der Waals surface area contributed by atoms with Crippen LogP contribution in [-0.4, -0.2) is 229 Å². The Labute approximate surface area is 546 Å². The minimum atomic E-state index is -1.15. The van der Waals surface area contributed by atoms with E-state index in [0.29, 0.717) is 35.7 Å². The fourth-order valence-corrected chi connectivity index (χ4v) is 16.5. The van der Waals surface area contributed by atoms with Gasteiger partial charge in [0, 0.05) is 35.8 Å². The minimum absolute atomic E-state index is 0.00502. The molecule has 89 heavy (non-hydrogen) atoms. The van der Waals surface area contributed by atoms with Gasteiger partial charge in [0.05, 0.1) is 56.2 Å². The predicted octanol–water partition coefficient (Wildman–Crippen LogP) is 3.31. The van der Waals surface area contributed by atoms with E-state index in [1.165, 1.54) is 33.1 Å². The summed E-state index contributed by atoms with van der Waals surface area (Å²) in [7, 11) is 0. The van der Waals surface area contributed by atoms with Crippen LogP contribution in [0.1, 0.15) is 51.7 Å². The van der Waals surface area contributed by atoms with Crippen molar-refractivity contribution in [2.45, 2.75) is 71.6 Å². The number of β-lactam (4-membered cyclic amide) rings is 2. The standard InChI is InChI=1S/C35H47IN4O9.C28H38IN4O7/c1-5-18-45-35(44)32-26(23(3)31-30(33(42)38(31)32)24(4)34(43)49-47-19-6-2)22-46-28-10-9-25(20-27(28)36)8-7-11-39-12-15-40(16-13-39,17-14-39)21-29(41)48-37;1-17-20(26(28(37)38)31-25(17)24(18(2)34)27(31)36)16-39-22-6-5-19(14-21(22)29)4-3-7-32-8-11-33(12-9-32,13-10-32)15-23(35)40-30/h5-6,9-10,20,23-24,30-31H,1-2,7-8,11-19,21-22,37H2,3-4H3;5-6,14,17-18,24-25,34H,3-4,7-13,15-16,30H2,1-2H3/q+2;+1/p+1/t23-,24?,30?,31?,39?,40?;17-,18?,24?,25?,32?,33?/m00/s1. The number of carbonyl (C=O) groups is 7. The molecule has 12 rings (SSSR count). The van der Waals surface area contributed by atoms with Gasteiger partial charge in [0.25, 0.3) is 0 Å². The number of fused-ring (bicyclic) bond motifs is 8. The Hall–Kier alpha value is -5.57. The number of carbonyl (C=O) groups excluding carboxylic acids is 6. The van der Waals surface area contributed by atoms with Gasteiger partial charge in [-0.1, -0.05) is 51.6 Å². The molecule has 0 radical (unpaired) electrons. The van der Waals surface area contributed by atoms with Crippen molar-refractivity contribution in [2.24, 2.45) is 41.4 Å². The van der Waals surface area contributed by atoms with Crippen molar-refractivity contribution in [3.8, 4) is 11.5 Å². The highest BCUT2D eigenvalue weighted by Crippen LogP contribution is 2.50. The van der Waals surface area contributed by atoms with Gasteiger partial charge in [0.2, 0.25) is 11.8 Å². The number of aryl methyl sites for hydroxylation is 2. The van der Waals surface area contributed by atoms with Gasteiger partial charge < -0.3 is 61.8 Å². The third-order valence-electron chi connectivity index (χ3n) is 20.5. The molecule has 2 aromatic carbocycles. The van der Waals surface area contributed by atoms with Crippen LogP contribution < -0.4 is 21.3 Å². The zero-order valence-corrected chi connectivity index (χ0v) is 55.6. The quantitative estimate of drug-likeness (QED) is 0.0139. The number of aliphatic hydroxyl groups is 1. The molecule has 8 fully saturated rings. The summed E-state index contributed by atoms with van der Waals surface area (Å²) in [6.45, 7) is 29.6. The first-order valence-corrected chi connectivity index (χ1v) is 32.9. The molecule has 2 amide bonds. The number of nitrogens with zero attached hydrogens (tertiary/aromatic N) is 6. The monoisotopic (exact) mass is 1460 g/mol. The molecular weight excluding hydrogens is 1380 g/mol. The molecule has 2 aromatic rings. The first kappa shape index (κ1) is 67.8. The van der Waals surface area contributed by atoms with E-state index in [-0.39, 0.29) is 79.5 Å². The number of carboxylic acids is 1. The molecular formula is C63H86I2N8O16+4. The summed E-state index contributed by atoms with van der Waals surface area (Å²) in [6, 6.07) is 11.5. The normalized spacial score (nSPS) is 29.4. The van der Waals surface area contributed by atoms with E-state index in [0.717, 1.165) is 142 Å². The van der Waals surface area contributed by atoms with Gasteiger partial charge in [-0.25, -0.2) is 24.0 Å². The fraction of sp³-hybridized carbons (Fsp3) is 0.571. The number of hydrogen-bond acceptors (Lipinski definition) is 17. The molecule has 0 aliphatic carbocycles. The van der Waals surface area contributed by atoms with Crippen LogP contribution in [-0.2, 0) is 70.6 Å². The highest BCUT2D eigenvalue weighted by molar-refractivity contribution is 14.1. The predicted molar refractivity (Wildman–Crippen MR) is 338 cm³/mol. The largest absolute Gasteiger partial charge is 0.488 e. The molecule has 484 valence electrons. The Morgan fingerprint density at radius 2 is 1.07 bits per heavy atom. The molecule has 4 bridgehead atoms. The van der Waals surface area contributed by atoms with Gasteiger partial charge in [-0.05, 0) is 100 Å². The maximum atomic E-state index is 13.4. The minimum Gasteiger partial charge on any atom is -0.488 e. The topological polar surface area (TPSA) is 283 Å². The van der Waals surface area contributed by atoms with E-state index in [1.54, 1.807) is 13.8 Å². The lowest BCUT2D eigenvalue weighted by atomic mass is 9.74. The fourth-order valence-electron chi connectivity index (χ4n) is 15.1. The van der Waals surface area contributed by atoms with Gasteiger partial charge >= 0.3 is 29.8 Å². The highest BCUT2D eigenvalue weighted by atomic mass is 127. The Morgan fingerprint density at radius 3 is 1.48 bits per heavy atom. The van der Waals surface area contributed by atoms with Crippen molar-refractivity contribution in [3.05, 3.63) is 103 Å². The number of aliphatic carboxylic acids is 1. The lowest BCUT2D eigenvalue weighted by molar-refractivity contribution is -1.08. The molecule has 0 spiro atoms. The number of hydrogen-bond donors (Lipinski definition) is 4. The Bertz CT molecular complexity index is 3110. The van der Waals surface area contributed by atoms with E-state index >= 15 is 0 Å². The van der Waals surface area contributed by atoms with Gasteiger partial charge in [-0.2, -0.15) is 16.7 Å². The highest BCUT2D eigenvalue weighted by Gasteiger charge is 2.62. The molecule has 8 atom stereocenters. The molecule has 0 saturated carbocycles. The van der Waals surface area contributed by atoms with Crippen LogP contribution >= 0.6 is 45.2 Å². The Kier molecular flexibility index (Phi) is 21.7. The van der Waals surface area contributed by atoms with Crippen LogP contribution in [0, 0.1) is 36.7 Å². The third kappa shape index (κ3) is 14.3. The molecule has 24 nitrogen and oxygen atoms in total. The summed E-state index contributed by atoms with van der Waals surface area (Å²) in [5, 5.41) is 19.9. The molecule has 0 aromatic heterocycles. The summed E-state index contributed by atoms with van der Waals surface area (Å²) in [5.41, 5.74) is 3.82. The van der Waals surface area contributed by atoms with Crippen LogP contribution in [0.15, 0.2) is 84.2 Å². The summed E-state index contributed by atoms with van der Waals surface area (Å²) >= 11 is 4.52. The van der Waals surface area contributed by atoms with Crippen LogP contribution in [0.2, 0.25) is 0 Å². The SMILES string of the molecule is C=CCOOC(=O)C(C)C1C(=O)N2C(C(=O)OCC=C)=C(COc3ccc(CCC[N+]45CC[N+](CC(=O)ON)(CC4)CC5)cc3I)[C@H](C)C12.CC(O)C1C(=O)N2C(C(=O)O)=C(COc3ccc(CCC[N+]45CC[N+](CC(=O)ON)(CC4)CC5)cc3I)[C@H](C)C12. The van der Waals surface area contributed by atoms with E-state index < -0.39 is 47.8 Å². The first-order chi connectivity index (χ1) is 42.5. The Balaban J connectivity index is 0.000000216. The number of esters is 1. The second-order valence-electron chi connectivity index (χ2n) is 25.6. The lowest BCUT2D eigenvalue weighted by Crippen LogP contribution is -2.75. The van der Waals surface area contributed by atoms with Crippen molar-refractivity contribution in [3.63, 3.8) is 0 Å². The number of aliphatic hydroxyl groups excluding tert-OH is 1. The summed E-state index contributed by atoms with van der Waals surface area (Å²) in [5.74, 6) is 5.18. The van der Waals surface area contributed by atoms with Gasteiger partial charge in [0.15, 0.2) is 13.1 Å². The molecule has 6 unspecified atom stereocenters. The first-order valence-electron chi connectivity index (χ1n) is 30.8. The second-order valence-corrected chi connectivity index (χ2v) is 27.9. The average Bonchev–Trinajstić information content (AvgIpc) is 1.66. The smallest absolute Gasteiger partial charge is 0.380 e. The van der Waals surface area contributed by atoms with E-state index in [4.69, 9.17) is 35.8 Å². The van der Waals surface area contributed by atoms with Crippen molar-refractivity contribution < 1.29 is 95.4 Å². The van der Waals surface area contributed by atoms with Crippen molar-refractivity contribution in [1.29, 1.82) is 0 Å². The van der Waals surface area contributed by atoms with Crippen molar-refractivity contribution >= 4 is 86.8 Å². The molecule has 10 aliphatic heterocycles. The number of carboxylic acid groups (broad SMARTS) is 1. The number of benzene rings is 2. The van der Waals surface area contributed by atoms with Crippen LogP contribution in [0.4, 0.5) is 0 Å². The number of halogens is 2. The van der Waals surface area contributed by atoms with Gasteiger partial charge in [-0.3, -0.25) is 14.5 Å². The summed E-state index contributed by atoms with van der Waals surface area (Å²) in [4.78, 5) is 109. The Morgan fingerprint density at radius 1 is 0.652 bits per heavy atom. The van der Waals surface area contributed by atoms with Crippen molar-refractivity contribution in [2.75, 3.05) is 131 Å². The van der Waals surface area contributed by atoms with Crippen LogP contribution in [0.3, 0.4) is 0 Å².